The molecule has 1 N–H and O–H groups in total. The number of hydrogen-bond donors (Lipinski definition) is 1. The fourth-order valence-corrected chi connectivity index (χ4v) is 1.25. The van der Waals surface area contributed by atoms with Crippen molar-refractivity contribution in [1.82, 2.24) is 0 Å². The van der Waals surface area contributed by atoms with Crippen molar-refractivity contribution < 1.29 is 9.84 Å². The van der Waals surface area contributed by atoms with Crippen LogP contribution in [0.15, 0.2) is 12.0 Å². The van der Waals surface area contributed by atoms with Crippen LogP contribution in [0.3, 0.4) is 0 Å². The van der Waals surface area contributed by atoms with Gasteiger partial charge in [0.05, 0.1) is 0 Å². The largest absolute Gasteiger partial charge is 0.481 e. The molecule has 0 radical (unpaired) electrons. The molecule has 0 atom stereocenters. The van der Waals surface area contributed by atoms with E-state index in [0.29, 0.717) is 11.8 Å². The molecular formula is C10H20O2. The van der Waals surface area contributed by atoms with Gasteiger partial charge in [0.1, 0.15) is 6.10 Å². The first-order valence-electron chi connectivity index (χ1n) is 4.51. The topological polar surface area (TPSA) is 29.5 Å². The van der Waals surface area contributed by atoms with E-state index in [1.807, 2.05) is 0 Å². The van der Waals surface area contributed by atoms with Gasteiger partial charge in [-0.05, 0) is 24.8 Å². The minimum Gasteiger partial charge on any atom is -0.481 e. The number of hydrogen-bond acceptors (Lipinski definition) is 2. The van der Waals surface area contributed by atoms with Crippen LogP contribution in [-0.4, -0.2) is 11.2 Å². The van der Waals surface area contributed by atoms with E-state index in [2.05, 4.69) is 27.7 Å². The summed E-state index contributed by atoms with van der Waals surface area (Å²) in [6.45, 7) is 10.1. The van der Waals surface area contributed by atoms with Crippen molar-refractivity contribution in [3.63, 3.8) is 0 Å². The van der Waals surface area contributed by atoms with Crippen LogP contribution in [0.1, 0.15) is 34.6 Å². The molecule has 0 spiro atoms. The molecule has 0 heterocycles. The second kappa shape index (κ2) is 5.07. The van der Waals surface area contributed by atoms with Crippen molar-refractivity contribution >= 4 is 0 Å². The number of aliphatic hydroxyl groups excluding tert-OH is 1. The fraction of sp³-hybridized carbons (Fsp3) is 0.800. The molecule has 0 bridgehead atoms. The molecule has 0 saturated heterocycles. The minimum atomic E-state index is 0.0300. The highest BCUT2D eigenvalue weighted by atomic mass is 16.6. The monoisotopic (exact) mass is 172 g/mol. The third-order valence-electron chi connectivity index (χ3n) is 1.82. The average Bonchev–Trinajstić information content (AvgIpc) is 1.98. The highest BCUT2D eigenvalue weighted by molar-refractivity contribution is 4.80. The van der Waals surface area contributed by atoms with E-state index < -0.39 is 0 Å². The van der Waals surface area contributed by atoms with Crippen LogP contribution >= 0.6 is 0 Å². The van der Waals surface area contributed by atoms with Crippen LogP contribution in [-0.2, 0) is 4.74 Å². The summed E-state index contributed by atoms with van der Waals surface area (Å²) in [7, 11) is 0. The Labute approximate surface area is 75.2 Å². The second-order valence-corrected chi connectivity index (χ2v) is 3.70. The van der Waals surface area contributed by atoms with Crippen LogP contribution in [0.25, 0.3) is 0 Å². The molecule has 0 aromatic carbocycles. The summed E-state index contributed by atoms with van der Waals surface area (Å²) in [6, 6.07) is 0. The lowest BCUT2D eigenvalue weighted by Gasteiger charge is -2.25. The summed E-state index contributed by atoms with van der Waals surface area (Å²) in [5.41, 5.74) is 0. The van der Waals surface area contributed by atoms with Gasteiger partial charge in [-0.25, -0.2) is 0 Å². The Morgan fingerprint density at radius 1 is 1.17 bits per heavy atom. The van der Waals surface area contributed by atoms with Gasteiger partial charge in [-0.2, -0.15) is 0 Å². The smallest absolute Gasteiger partial charge is 0.272 e. The molecule has 0 unspecified atom stereocenters. The third-order valence-corrected chi connectivity index (χ3v) is 1.82. The highest BCUT2D eigenvalue weighted by Gasteiger charge is 2.19. The van der Waals surface area contributed by atoms with Crippen molar-refractivity contribution in [2.75, 3.05) is 0 Å². The molecular weight excluding hydrogens is 152 g/mol. The van der Waals surface area contributed by atoms with Crippen molar-refractivity contribution in [2.45, 2.75) is 40.7 Å². The van der Waals surface area contributed by atoms with E-state index in [1.54, 1.807) is 13.0 Å². The summed E-state index contributed by atoms with van der Waals surface area (Å²) < 4.78 is 5.34. The van der Waals surface area contributed by atoms with Gasteiger partial charge in [0.15, 0.2) is 0 Å². The van der Waals surface area contributed by atoms with Gasteiger partial charge in [-0.15, -0.1) is 0 Å². The molecule has 0 aromatic rings. The van der Waals surface area contributed by atoms with Crippen LogP contribution in [0, 0.1) is 11.8 Å². The van der Waals surface area contributed by atoms with Crippen molar-refractivity contribution in [3.8, 4) is 0 Å². The zero-order chi connectivity index (χ0) is 9.72. The molecule has 2 nitrogen and oxygen atoms in total. The van der Waals surface area contributed by atoms with Crippen molar-refractivity contribution in [2.24, 2.45) is 11.8 Å². The summed E-state index contributed by atoms with van der Waals surface area (Å²) in [5, 5.41) is 9.16. The van der Waals surface area contributed by atoms with E-state index in [4.69, 9.17) is 9.84 Å². The van der Waals surface area contributed by atoms with E-state index in [-0.39, 0.29) is 12.0 Å². The fourth-order valence-electron chi connectivity index (χ4n) is 1.25. The van der Waals surface area contributed by atoms with E-state index in [9.17, 15) is 0 Å². The molecule has 0 aliphatic carbocycles. The highest BCUT2D eigenvalue weighted by Crippen LogP contribution is 2.18. The molecule has 72 valence electrons. The quantitative estimate of drug-likeness (QED) is 0.660. The maximum atomic E-state index is 9.16. The molecule has 0 saturated carbocycles. The van der Waals surface area contributed by atoms with Gasteiger partial charge < -0.3 is 9.84 Å². The molecule has 0 aliphatic rings. The predicted molar refractivity (Wildman–Crippen MR) is 50.9 cm³/mol. The Morgan fingerprint density at radius 2 is 1.58 bits per heavy atom. The molecule has 2 heteroatoms. The van der Waals surface area contributed by atoms with Crippen molar-refractivity contribution in [1.29, 1.82) is 0 Å². The maximum Gasteiger partial charge on any atom is 0.272 e. The third kappa shape index (κ3) is 3.65. The lowest BCUT2D eigenvalue weighted by molar-refractivity contribution is -0.0184. The van der Waals surface area contributed by atoms with Gasteiger partial charge in [0, 0.05) is 0 Å². The lowest BCUT2D eigenvalue weighted by atomic mass is 9.96. The first kappa shape index (κ1) is 11.3. The first-order valence-corrected chi connectivity index (χ1v) is 4.51. The van der Waals surface area contributed by atoms with Gasteiger partial charge >= 0.3 is 0 Å². The van der Waals surface area contributed by atoms with Crippen LogP contribution in [0.4, 0.5) is 0 Å². The number of aliphatic hydroxyl groups is 1. The molecule has 0 fully saturated rings. The van der Waals surface area contributed by atoms with Gasteiger partial charge in [0.2, 0.25) is 0 Å². The predicted octanol–water partition coefficient (Wildman–Crippen LogP) is 3.10. The zero-order valence-electron chi connectivity index (χ0n) is 8.66. The summed E-state index contributed by atoms with van der Waals surface area (Å²) in [6.07, 6.45) is 1.67. The normalized spacial score (nSPS) is 13.2. The minimum absolute atomic E-state index is 0.0300. The Morgan fingerprint density at radius 3 is 1.83 bits per heavy atom. The lowest BCUT2D eigenvalue weighted by Crippen LogP contribution is -2.25. The van der Waals surface area contributed by atoms with E-state index in [1.165, 1.54) is 0 Å². The number of rotatable bonds is 4. The molecule has 0 aliphatic heterocycles. The maximum absolute atomic E-state index is 9.16. The summed E-state index contributed by atoms with van der Waals surface area (Å²) in [4.78, 5) is 0. The first-order chi connectivity index (χ1) is 5.49. The van der Waals surface area contributed by atoms with Crippen molar-refractivity contribution in [3.05, 3.63) is 12.0 Å². The summed E-state index contributed by atoms with van der Waals surface area (Å²) in [5.74, 6) is 0.876. The number of allylic oxidation sites excluding steroid dienone is 1. The summed E-state index contributed by atoms with van der Waals surface area (Å²) >= 11 is 0. The molecule has 12 heavy (non-hydrogen) atoms. The van der Waals surface area contributed by atoms with Gasteiger partial charge in [0.25, 0.3) is 5.95 Å². The molecule has 0 amide bonds. The Kier molecular flexibility index (Phi) is 4.79. The molecule has 0 aromatic heterocycles. The van der Waals surface area contributed by atoms with Crippen LogP contribution < -0.4 is 0 Å². The average molecular weight is 172 g/mol. The Balaban J connectivity index is 4.14. The van der Waals surface area contributed by atoms with Crippen LogP contribution in [0.5, 0.6) is 0 Å². The van der Waals surface area contributed by atoms with Crippen LogP contribution in [0.2, 0.25) is 0 Å². The van der Waals surface area contributed by atoms with Gasteiger partial charge in [-0.3, -0.25) is 0 Å². The van der Waals surface area contributed by atoms with E-state index in [0.717, 1.165) is 0 Å². The zero-order valence-corrected chi connectivity index (χ0v) is 8.66. The second-order valence-electron chi connectivity index (χ2n) is 3.70. The SMILES string of the molecule is C/C=C(/O)OC(C(C)C)C(C)C. The van der Waals surface area contributed by atoms with Gasteiger partial charge in [-0.1, -0.05) is 27.7 Å². The molecule has 0 rings (SSSR count). The Hall–Kier alpha value is -0.660. The Bertz CT molecular complexity index is 140. The number of ether oxygens (including phenoxy) is 1. The standard InChI is InChI=1S/C10H20O2/c1-6-9(11)12-10(7(2)3)8(4)5/h6-8,10-11H,1-5H3/b9-6-. The van der Waals surface area contributed by atoms with E-state index >= 15 is 0 Å².